The molecule has 0 saturated carbocycles. The summed E-state index contributed by atoms with van der Waals surface area (Å²) in [6, 6.07) is 0. The third-order valence-electron chi connectivity index (χ3n) is 1.90. The van der Waals surface area contributed by atoms with Gasteiger partial charge < -0.3 is 10.8 Å². The maximum absolute atomic E-state index is 12.4. The Hall–Kier alpha value is -1.44. The van der Waals surface area contributed by atoms with Crippen LogP contribution in [0.4, 0.5) is 27.6 Å². The average Bonchev–Trinajstić information content (AvgIpc) is 2.15. The summed E-state index contributed by atoms with van der Waals surface area (Å²) in [7, 11) is 0. The van der Waals surface area contributed by atoms with Crippen LogP contribution in [-0.4, -0.2) is 10.1 Å². The highest BCUT2D eigenvalue weighted by Crippen LogP contribution is 2.38. The number of alkyl halides is 5. The summed E-state index contributed by atoms with van der Waals surface area (Å²) in [5.41, 5.74) is 0.959. The van der Waals surface area contributed by atoms with E-state index in [9.17, 15) is 22.0 Å². The number of hydrogen-bond acceptors (Lipinski definition) is 3. The van der Waals surface area contributed by atoms with Gasteiger partial charge in [0.25, 0.3) is 6.43 Å². The summed E-state index contributed by atoms with van der Waals surface area (Å²) in [5.74, 6) is 0. The quantitative estimate of drug-likeness (QED) is 0.781. The molecule has 8 heteroatoms. The zero-order valence-electron chi connectivity index (χ0n) is 7.72. The topological polar surface area (TPSA) is 59.1 Å². The second-order valence-electron chi connectivity index (χ2n) is 2.92. The fraction of sp³-hybridized carbons (Fsp3) is 0.375. The van der Waals surface area contributed by atoms with Crippen molar-refractivity contribution < 1.29 is 27.1 Å². The van der Waals surface area contributed by atoms with E-state index < -0.39 is 36.2 Å². The molecule has 0 fully saturated rings. The van der Waals surface area contributed by atoms with Crippen molar-refractivity contribution in [1.82, 2.24) is 4.98 Å². The third-order valence-corrected chi connectivity index (χ3v) is 1.90. The number of aromatic nitrogens is 1. The number of aliphatic hydroxyl groups is 1. The molecule has 0 aliphatic heterocycles. The largest absolute Gasteiger partial charge is 0.433 e. The van der Waals surface area contributed by atoms with Gasteiger partial charge in [-0.1, -0.05) is 0 Å². The Bertz CT molecular complexity index is 391. The lowest BCUT2D eigenvalue weighted by Crippen LogP contribution is -2.15. The number of aliphatic hydroxyl groups excluding tert-OH is 1. The van der Waals surface area contributed by atoms with E-state index in [-0.39, 0.29) is 5.56 Å². The molecule has 1 aromatic heterocycles. The Morgan fingerprint density at radius 1 is 1.38 bits per heavy atom. The van der Waals surface area contributed by atoms with Crippen molar-refractivity contribution in [1.29, 1.82) is 0 Å². The van der Waals surface area contributed by atoms with E-state index in [1.807, 2.05) is 0 Å². The monoisotopic (exact) mass is 242 g/mol. The maximum Gasteiger partial charge on any atom is 0.433 e. The lowest BCUT2D eigenvalue weighted by atomic mass is 10.1. The van der Waals surface area contributed by atoms with E-state index in [1.165, 1.54) is 0 Å². The summed E-state index contributed by atoms with van der Waals surface area (Å²) in [4.78, 5) is 2.86. The van der Waals surface area contributed by atoms with Crippen LogP contribution in [0, 0.1) is 0 Å². The van der Waals surface area contributed by atoms with Crippen molar-refractivity contribution in [3.63, 3.8) is 0 Å². The molecule has 3 N–H and O–H groups in total. The van der Waals surface area contributed by atoms with E-state index in [1.54, 1.807) is 0 Å². The molecule has 0 radical (unpaired) electrons. The van der Waals surface area contributed by atoms with Gasteiger partial charge in [0.2, 0.25) is 0 Å². The van der Waals surface area contributed by atoms with Crippen LogP contribution in [0.1, 0.15) is 23.2 Å². The van der Waals surface area contributed by atoms with E-state index in [0.717, 1.165) is 0 Å². The molecule has 0 saturated heterocycles. The first-order valence-electron chi connectivity index (χ1n) is 4.02. The first-order valence-corrected chi connectivity index (χ1v) is 4.02. The van der Waals surface area contributed by atoms with E-state index in [2.05, 4.69) is 4.98 Å². The molecule has 0 aliphatic carbocycles. The number of pyridine rings is 1. The highest BCUT2D eigenvalue weighted by atomic mass is 19.4. The van der Waals surface area contributed by atoms with Gasteiger partial charge in [0, 0.05) is 17.4 Å². The Labute approximate surface area is 86.7 Å². The lowest BCUT2D eigenvalue weighted by Gasteiger charge is -2.15. The molecule has 0 aliphatic rings. The van der Waals surface area contributed by atoms with Crippen LogP contribution < -0.4 is 5.73 Å². The van der Waals surface area contributed by atoms with Gasteiger partial charge >= 0.3 is 6.18 Å². The van der Waals surface area contributed by atoms with Gasteiger partial charge in [-0.05, 0) is 0 Å². The molecule has 16 heavy (non-hydrogen) atoms. The molecule has 0 bridgehead atoms. The molecule has 0 atom stereocenters. The van der Waals surface area contributed by atoms with Crippen LogP contribution in [0.5, 0.6) is 0 Å². The molecule has 0 amide bonds. The van der Waals surface area contributed by atoms with Gasteiger partial charge in [-0.25, -0.2) is 8.78 Å². The van der Waals surface area contributed by atoms with Crippen molar-refractivity contribution in [2.24, 2.45) is 0 Å². The van der Waals surface area contributed by atoms with Crippen molar-refractivity contribution in [2.75, 3.05) is 5.73 Å². The molecule has 3 nitrogen and oxygen atoms in total. The number of rotatable bonds is 2. The fourth-order valence-corrected chi connectivity index (χ4v) is 1.15. The minimum absolute atomic E-state index is 0.261. The summed E-state index contributed by atoms with van der Waals surface area (Å²) < 4.78 is 61.8. The molecular formula is C8H7F5N2O. The lowest BCUT2D eigenvalue weighted by molar-refractivity contribution is -0.143. The van der Waals surface area contributed by atoms with Crippen molar-refractivity contribution in [3.05, 3.63) is 23.0 Å². The average molecular weight is 242 g/mol. The van der Waals surface area contributed by atoms with Crippen LogP contribution in [0.15, 0.2) is 6.20 Å². The SMILES string of the molecule is Nc1c(CO)cnc(C(F)(F)F)c1C(F)F. The predicted molar refractivity (Wildman–Crippen MR) is 44.5 cm³/mol. The van der Waals surface area contributed by atoms with Gasteiger partial charge in [-0.15, -0.1) is 0 Å². The van der Waals surface area contributed by atoms with Crippen LogP contribution in [0.25, 0.3) is 0 Å². The van der Waals surface area contributed by atoms with Crippen LogP contribution in [0.2, 0.25) is 0 Å². The molecule has 1 heterocycles. The Morgan fingerprint density at radius 2 is 1.94 bits per heavy atom. The van der Waals surface area contributed by atoms with E-state index in [0.29, 0.717) is 6.20 Å². The minimum atomic E-state index is -5.01. The summed E-state index contributed by atoms with van der Waals surface area (Å²) in [5, 5.41) is 8.67. The summed E-state index contributed by atoms with van der Waals surface area (Å²) in [6.45, 7) is -0.753. The van der Waals surface area contributed by atoms with Crippen molar-refractivity contribution in [3.8, 4) is 0 Å². The van der Waals surface area contributed by atoms with Crippen LogP contribution >= 0.6 is 0 Å². The number of nitrogens with two attached hydrogens (primary N) is 1. The highest BCUT2D eigenvalue weighted by molar-refractivity contribution is 5.55. The normalized spacial score (nSPS) is 12.2. The molecular weight excluding hydrogens is 235 g/mol. The highest BCUT2D eigenvalue weighted by Gasteiger charge is 2.39. The zero-order chi connectivity index (χ0) is 12.5. The summed E-state index contributed by atoms with van der Waals surface area (Å²) >= 11 is 0. The Morgan fingerprint density at radius 3 is 2.31 bits per heavy atom. The van der Waals surface area contributed by atoms with E-state index in [4.69, 9.17) is 10.8 Å². The van der Waals surface area contributed by atoms with Crippen LogP contribution in [-0.2, 0) is 12.8 Å². The predicted octanol–water partition coefficient (Wildman–Crippen LogP) is 2.11. The number of anilines is 1. The fourth-order valence-electron chi connectivity index (χ4n) is 1.15. The number of halogens is 5. The molecule has 0 spiro atoms. The first kappa shape index (κ1) is 12.6. The van der Waals surface area contributed by atoms with Crippen molar-refractivity contribution in [2.45, 2.75) is 19.2 Å². The molecule has 0 aromatic carbocycles. The maximum atomic E-state index is 12.4. The summed E-state index contributed by atoms with van der Waals surface area (Å²) in [6.07, 6.45) is -7.78. The van der Waals surface area contributed by atoms with Gasteiger partial charge in [-0.2, -0.15) is 13.2 Å². The molecule has 1 aromatic rings. The van der Waals surface area contributed by atoms with Gasteiger partial charge in [0.05, 0.1) is 12.2 Å². The third kappa shape index (κ3) is 2.21. The molecule has 0 unspecified atom stereocenters. The molecule has 90 valence electrons. The second kappa shape index (κ2) is 4.20. The number of nitrogens with zero attached hydrogens (tertiary/aromatic N) is 1. The van der Waals surface area contributed by atoms with E-state index >= 15 is 0 Å². The van der Waals surface area contributed by atoms with Crippen LogP contribution in [0.3, 0.4) is 0 Å². The number of hydrogen-bond donors (Lipinski definition) is 2. The minimum Gasteiger partial charge on any atom is -0.398 e. The molecule has 1 rings (SSSR count). The van der Waals surface area contributed by atoms with Gasteiger partial charge in [0.15, 0.2) is 5.69 Å². The standard InChI is InChI=1S/C8H7F5N2O/c9-7(10)4-5(14)3(2-16)1-15-6(4)8(11,12)13/h1,7,16H,2H2,(H2,14,15). The second-order valence-corrected chi connectivity index (χ2v) is 2.92. The van der Waals surface area contributed by atoms with Crippen molar-refractivity contribution >= 4 is 5.69 Å². The number of nitrogen functional groups attached to an aromatic ring is 1. The Balaban J connectivity index is 3.47. The first-order chi connectivity index (χ1) is 7.29. The van der Waals surface area contributed by atoms with Gasteiger partial charge in [-0.3, -0.25) is 4.98 Å². The zero-order valence-corrected chi connectivity index (χ0v) is 7.72. The van der Waals surface area contributed by atoms with Gasteiger partial charge in [0.1, 0.15) is 0 Å². The smallest absolute Gasteiger partial charge is 0.398 e. The Kier molecular flexibility index (Phi) is 3.32.